The molecule has 5 aliphatic carbocycles. The zero-order valence-corrected chi connectivity index (χ0v) is 51.4. The predicted molar refractivity (Wildman–Crippen MR) is 296 cm³/mol. The largest absolute Gasteiger partial charge is 0.479 e. The summed E-state index contributed by atoms with van der Waals surface area (Å²) < 4.78 is 60.7. The summed E-state index contributed by atoms with van der Waals surface area (Å²) >= 11 is 0. The predicted octanol–water partition coefficient (Wildman–Crippen LogP) is -0.347. The van der Waals surface area contributed by atoms with Gasteiger partial charge < -0.3 is 109 Å². The van der Waals surface area contributed by atoms with Crippen molar-refractivity contribution in [2.24, 2.45) is 56.2 Å². The Balaban J connectivity index is 1.06. The molecule has 12 N–H and O–H groups in total. The molecular formula is C61H94O26. The van der Waals surface area contributed by atoms with Crippen LogP contribution in [-0.4, -0.2) is 240 Å². The van der Waals surface area contributed by atoms with Crippen molar-refractivity contribution >= 4 is 23.7 Å². The van der Waals surface area contributed by atoms with Gasteiger partial charge in [-0.25, -0.2) is 4.79 Å². The van der Waals surface area contributed by atoms with E-state index in [-0.39, 0.29) is 30.6 Å². The van der Waals surface area contributed by atoms with Crippen LogP contribution < -0.4 is 0 Å². The van der Waals surface area contributed by atoms with Crippen molar-refractivity contribution in [3.63, 3.8) is 0 Å². The van der Waals surface area contributed by atoms with Crippen LogP contribution in [0.2, 0.25) is 0 Å². The Bertz CT molecular complexity index is 2590. The van der Waals surface area contributed by atoms with Crippen LogP contribution in [0.5, 0.6) is 0 Å². The van der Waals surface area contributed by atoms with E-state index in [1.54, 1.807) is 19.9 Å². The van der Waals surface area contributed by atoms with Gasteiger partial charge >= 0.3 is 17.9 Å². The average Bonchev–Trinajstić information content (AvgIpc) is 0.671. The van der Waals surface area contributed by atoms with Crippen molar-refractivity contribution in [3.8, 4) is 0 Å². The van der Waals surface area contributed by atoms with Crippen LogP contribution in [0, 0.1) is 56.2 Å². The van der Waals surface area contributed by atoms with E-state index in [0.29, 0.717) is 44.1 Å². The first kappa shape index (κ1) is 68.2. The highest BCUT2D eigenvalue weighted by molar-refractivity contribution is 5.98. The molecule has 8 fully saturated rings. The monoisotopic (exact) mass is 1240 g/mol. The van der Waals surface area contributed by atoms with Crippen LogP contribution in [0.3, 0.4) is 0 Å². The molecule has 0 spiro atoms. The number of hydrogen-bond acceptors (Lipinski definition) is 25. The molecule has 494 valence electrons. The smallest absolute Gasteiger partial charge is 0.335 e. The number of carboxylic acid groups (broad SMARTS) is 1. The molecule has 87 heavy (non-hydrogen) atoms. The van der Waals surface area contributed by atoms with Crippen molar-refractivity contribution in [1.82, 2.24) is 0 Å². The summed E-state index contributed by atoms with van der Waals surface area (Å²) in [4.78, 5) is 53.9. The summed E-state index contributed by atoms with van der Waals surface area (Å²) in [6, 6.07) is 0. The maximum atomic E-state index is 15.0. The highest BCUT2D eigenvalue weighted by atomic mass is 16.8. The van der Waals surface area contributed by atoms with Crippen LogP contribution in [0.25, 0.3) is 0 Å². The van der Waals surface area contributed by atoms with Gasteiger partial charge in [-0.1, -0.05) is 66.2 Å². The second kappa shape index (κ2) is 25.0. The molecule has 0 aromatic carbocycles. The SMILES string of the molecule is CC=C(C)C(=O)C1C(OC(C)=O)C(C)(C)CC2C3=CCC4C5(C)CCC(OC6OC(C(=O)O)C(O)C(OC7OCC(O)C(O)C7OC7OCC(O)C(O)C7O)C6OC6OC(CO)C(O)C(O)C6O)C(C)(C)C5CCC4(C)C3(C)CC(O)C21COC(C)=O. The Morgan fingerprint density at radius 2 is 1.28 bits per heavy atom. The fourth-order valence-electron chi connectivity index (χ4n) is 17.7. The highest BCUT2D eigenvalue weighted by Gasteiger charge is 2.74. The zero-order chi connectivity index (χ0) is 64.2. The summed E-state index contributed by atoms with van der Waals surface area (Å²) in [7, 11) is 0. The van der Waals surface area contributed by atoms with Crippen molar-refractivity contribution in [2.75, 3.05) is 26.4 Å². The van der Waals surface area contributed by atoms with Crippen molar-refractivity contribution < 1.29 is 128 Å². The summed E-state index contributed by atoms with van der Waals surface area (Å²) in [6.07, 6.45) is -29.4. The molecule has 0 amide bonds. The summed E-state index contributed by atoms with van der Waals surface area (Å²) in [6.45, 7) is 18.5. The molecule has 26 heteroatoms. The summed E-state index contributed by atoms with van der Waals surface area (Å²) in [5, 5.41) is 133. The Hall–Kier alpha value is -3.20. The van der Waals surface area contributed by atoms with Crippen molar-refractivity contribution in [3.05, 3.63) is 23.3 Å². The second-order valence-corrected chi connectivity index (χ2v) is 28.2. The topological polar surface area (TPSA) is 403 Å². The van der Waals surface area contributed by atoms with E-state index < -0.39 is 211 Å². The van der Waals surface area contributed by atoms with E-state index in [0.717, 1.165) is 5.57 Å². The number of Topliss-reactive ketones (excluding diaryl/α,β-unsaturated/α-hetero) is 1. The number of carbonyl (C=O) groups excluding carboxylic acids is 3. The normalized spacial score (nSPS) is 49.6. The van der Waals surface area contributed by atoms with Gasteiger partial charge in [0, 0.05) is 19.3 Å². The number of esters is 2. The minimum absolute atomic E-state index is 0.0236. The van der Waals surface area contributed by atoms with Gasteiger partial charge in [-0.05, 0) is 104 Å². The van der Waals surface area contributed by atoms with Gasteiger partial charge in [-0.3, -0.25) is 14.4 Å². The number of carboxylic acids is 1. The van der Waals surface area contributed by atoms with Gasteiger partial charge in [0.2, 0.25) is 0 Å². The fraction of sp³-hybridized carbons (Fsp3) is 0.869. The minimum atomic E-state index is -2.22. The molecule has 0 radical (unpaired) electrons. The number of rotatable bonds is 15. The number of hydrogen-bond donors (Lipinski definition) is 12. The standard InChI is InChI=1S/C61H94O26/c1-12-25(2)38(68)37-50(81-27(4)64)56(5,6)19-29-28-13-14-34-58(9)17-16-36(57(7,8)33(58)15-18-59(34,10)60(28,11)20-35(67)61(29,37)24-80-26(3)63)83-55-49(87-53-44(74)42(72)41(71)32(21-62)82-53)46(45(75)47(85-55)51(76)77)84-54-48(40(70)31(66)23-79-54)86-52-43(73)39(69)30(65)22-78-52/h12-13,29-37,39-50,52-55,62,65-67,69-75H,14-24H2,1-11H3,(H,76,77). The lowest BCUT2D eigenvalue weighted by Crippen LogP contribution is -2.71. The van der Waals surface area contributed by atoms with E-state index >= 15 is 0 Å². The molecule has 0 bridgehead atoms. The van der Waals surface area contributed by atoms with Crippen molar-refractivity contribution in [2.45, 2.75) is 250 Å². The number of ketones is 1. The van der Waals surface area contributed by atoms with Crippen LogP contribution in [0.4, 0.5) is 0 Å². The van der Waals surface area contributed by atoms with Gasteiger partial charge in [0.15, 0.2) is 37.0 Å². The molecule has 0 aromatic rings. The van der Waals surface area contributed by atoms with Crippen LogP contribution in [0.1, 0.15) is 121 Å². The number of aliphatic carboxylic acids is 1. The molecule has 9 aliphatic rings. The second-order valence-electron chi connectivity index (χ2n) is 28.2. The molecule has 29 unspecified atom stereocenters. The van der Waals surface area contributed by atoms with Gasteiger partial charge in [0.05, 0.1) is 43.4 Å². The zero-order valence-electron chi connectivity index (χ0n) is 51.4. The first-order valence-corrected chi connectivity index (χ1v) is 30.6. The number of aliphatic hydroxyl groups excluding tert-OH is 11. The maximum absolute atomic E-state index is 15.0. The molecule has 9 rings (SSSR count). The van der Waals surface area contributed by atoms with Gasteiger partial charge in [-0.15, -0.1) is 0 Å². The molecule has 4 aliphatic heterocycles. The van der Waals surface area contributed by atoms with E-state index in [9.17, 15) is 80.5 Å². The van der Waals surface area contributed by atoms with Gasteiger partial charge in [-0.2, -0.15) is 0 Å². The Kier molecular flexibility index (Phi) is 19.6. The quantitative estimate of drug-likeness (QED) is 0.0432. The number of allylic oxidation sites excluding steroid dienone is 4. The summed E-state index contributed by atoms with van der Waals surface area (Å²) in [5.74, 6) is -4.88. The molecule has 4 saturated carbocycles. The summed E-state index contributed by atoms with van der Waals surface area (Å²) in [5.41, 5.74) is -3.10. The van der Waals surface area contributed by atoms with Crippen molar-refractivity contribution in [1.29, 1.82) is 0 Å². The third-order valence-electron chi connectivity index (χ3n) is 22.7. The molecule has 0 aromatic heterocycles. The molecule has 4 heterocycles. The number of ether oxygens (including phenoxy) is 10. The van der Waals surface area contributed by atoms with E-state index in [4.69, 9.17) is 47.4 Å². The fourth-order valence-corrected chi connectivity index (χ4v) is 17.7. The van der Waals surface area contributed by atoms with E-state index in [2.05, 4.69) is 26.8 Å². The Morgan fingerprint density at radius 1 is 0.655 bits per heavy atom. The Morgan fingerprint density at radius 3 is 1.90 bits per heavy atom. The molecule has 4 saturated heterocycles. The van der Waals surface area contributed by atoms with Gasteiger partial charge in [0.1, 0.15) is 92.1 Å². The first-order chi connectivity index (χ1) is 40.6. The molecule has 29 atom stereocenters. The molecule has 26 nitrogen and oxygen atoms in total. The van der Waals surface area contributed by atoms with E-state index in [1.165, 1.54) is 13.8 Å². The lowest BCUT2D eigenvalue weighted by Gasteiger charge is -2.73. The minimum Gasteiger partial charge on any atom is -0.479 e. The van der Waals surface area contributed by atoms with Crippen LogP contribution in [-0.2, 0) is 66.5 Å². The highest BCUT2D eigenvalue weighted by Crippen LogP contribution is 2.77. The lowest BCUT2D eigenvalue weighted by atomic mass is 9.32. The van der Waals surface area contributed by atoms with Crippen LogP contribution >= 0.6 is 0 Å². The number of carbonyl (C=O) groups is 4. The van der Waals surface area contributed by atoms with E-state index in [1.807, 2.05) is 27.7 Å². The van der Waals surface area contributed by atoms with Crippen LogP contribution in [0.15, 0.2) is 23.3 Å². The molecular weight excluding hydrogens is 1150 g/mol. The third kappa shape index (κ3) is 11.5. The number of aliphatic hydroxyl groups is 11. The lowest BCUT2D eigenvalue weighted by molar-refractivity contribution is -0.399. The average molecular weight is 1240 g/mol. The first-order valence-electron chi connectivity index (χ1n) is 30.6. The third-order valence-corrected chi connectivity index (χ3v) is 22.7. The number of fused-ring (bicyclic) bond motifs is 7. The maximum Gasteiger partial charge on any atom is 0.335 e. The Labute approximate surface area is 506 Å². The van der Waals surface area contributed by atoms with Gasteiger partial charge in [0.25, 0.3) is 0 Å².